The van der Waals surface area contributed by atoms with Crippen LogP contribution in [0.3, 0.4) is 0 Å². The molecule has 0 rings (SSSR count). The minimum absolute atomic E-state index is 0.134. The van der Waals surface area contributed by atoms with E-state index >= 15 is 0 Å². The molecule has 0 aromatic carbocycles. The van der Waals surface area contributed by atoms with E-state index in [0.29, 0.717) is 6.61 Å². The molecule has 2 nitrogen and oxygen atoms in total. The summed E-state index contributed by atoms with van der Waals surface area (Å²) in [7, 11) is 0. The Bertz CT molecular complexity index is 113. The van der Waals surface area contributed by atoms with E-state index in [0.717, 1.165) is 13.0 Å². The van der Waals surface area contributed by atoms with Gasteiger partial charge in [0.25, 0.3) is 0 Å². The van der Waals surface area contributed by atoms with E-state index in [1.807, 2.05) is 6.92 Å². The van der Waals surface area contributed by atoms with Gasteiger partial charge in [-0.15, -0.1) is 0 Å². The van der Waals surface area contributed by atoms with Crippen LogP contribution in [0.4, 0.5) is 0 Å². The fourth-order valence-corrected chi connectivity index (χ4v) is 1.04. The van der Waals surface area contributed by atoms with Gasteiger partial charge in [0, 0.05) is 12.1 Å². The molecule has 13 heavy (non-hydrogen) atoms. The number of ether oxygens (including phenoxy) is 1. The number of nitrogens with two attached hydrogens (primary N) is 1. The molecule has 0 aliphatic carbocycles. The maximum atomic E-state index is 5.93. The first kappa shape index (κ1) is 12.9. The lowest BCUT2D eigenvalue weighted by Crippen LogP contribution is -2.40. The van der Waals surface area contributed by atoms with Crippen molar-refractivity contribution in [2.75, 3.05) is 13.2 Å². The lowest BCUT2D eigenvalue weighted by atomic mass is 10.0. The molecule has 1 atom stereocenters. The van der Waals surface area contributed by atoms with Gasteiger partial charge in [-0.3, -0.25) is 0 Å². The Morgan fingerprint density at radius 1 is 1.15 bits per heavy atom. The Morgan fingerprint density at radius 3 is 2.38 bits per heavy atom. The predicted molar refractivity (Wildman–Crippen MR) is 57.8 cm³/mol. The number of hydrogen-bond donors (Lipinski definition) is 1. The van der Waals surface area contributed by atoms with Gasteiger partial charge in [0.15, 0.2) is 0 Å². The molecule has 0 aliphatic heterocycles. The zero-order chi connectivity index (χ0) is 10.2. The van der Waals surface area contributed by atoms with Crippen molar-refractivity contribution < 1.29 is 4.74 Å². The molecule has 0 aromatic rings. The molecule has 0 saturated carbocycles. The number of hydrogen-bond acceptors (Lipinski definition) is 2. The fourth-order valence-electron chi connectivity index (χ4n) is 1.04. The molecule has 2 N–H and O–H groups in total. The van der Waals surface area contributed by atoms with Crippen molar-refractivity contribution in [2.45, 2.75) is 58.4 Å². The van der Waals surface area contributed by atoms with Crippen LogP contribution >= 0.6 is 0 Å². The molecular formula is C11H25NO. The third-order valence-electron chi connectivity index (χ3n) is 2.38. The second-order valence-electron chi connectivity index (χ2n) is 4.12. The molecule has 80 valence electrons. The van der Waals surface area contributed by atoms with Crippen LogP contribution < -0.4 is 5.73 Å². The van der Waals surface area contributed by atoms with E-state index in [-0.39, 0.29) is 5.54 Å². The SMILES string of the molecule is CCCCCCOCC(C)(N)CC. The first-order valence-electron chi connectivity index (χ1n) is 5.49. The highest BCUT2D eigenvalue weighted by Gasteiger charge is 2.14. The summed E-state index contributed by atoms with van der Waals surface area (Å²) in [6.07, 6.45) is 6.03. The summed E-state index contributed by atoms with van der Waals surface area (Å²) < 4.78 is 5.51. The van der Waals surface area contributed by atoms with Gasteiger partial charge in [-0.05, 0) is 19.8 Å². The van der Waals surface area contributed by atoms with Crippen LogP contribution in [0.1, 0.15) is 52.9 Å². The first-order chi connectivity index (χ1) is 6.12. The average molecular weight is 187 g/mol. The van der Waals surface area contributed by atoms with Crippen LogP contribution in [0, 0.1) is 0 Å². The highest BCUT2D eigenvalue weighted by Crippen LogP contribution is 2.06. The van der Waals surface area contributed by atoms with Crippen LogP contribution in [-0.4, -0.2) is 18.8 Å². The maximum Gasteiger partial charge on any atom is 0.0643 e. The van der Waals surface area contributed by atoms with Gasteiger partial charge in [0.1, 0.15) is 0 Å². The Labute approximate surface area is 82.8 Å². The van der Waals surface area contributed by atoms with Gasteiger partial charge in [-0.25, -0.2) is 0 Å². The van der Waals surface area contributed by atoms with Crippen molar-refractivity contribution in [1.82, 2.24) is 0 Å². The minimum atomic E-state index is -0.134. The molecule has 0 spiro atoms. The minimum Gasteiger partial charge on any atom is -0.380 e. The standard InChI is InChI=1S/C11H25NO/c1-4-6-7-8-9-13-10-11(3,12)5-2/h4-10,12H2,1-3H3. The van der Waals surface area contributed by atoms with Crippen molar-refractivity contribution in [1.29, 1.82) is 0 Å². The third kappa shape index (κ3) is 8.26. The Balaban J connectivity index is 3.16. The molecule has 0 amide bonds. The summed E-state index contributed by atoms with van der Waals surface area (Å²) in [4.78, 5) is 0. The van der Waals surface area contributed by atoms with E-state index in [4.69, 9.17) is 10.5 Å². The zero-order valence-electron chi connectivity index (χ0n) is 9.44. The summed E-state index contributed by atoms with van der Waals surface area (Å²) in [5.41, 5.74) is 5.80. The molecule has 0 bridgehead atoms. The number of unbranched alkanes of at least 4 members (excludes halogenated alkanes) is 3. The topological polar surface area (TPSA) is 35.2 Å². The highest BCUT2D eigenvalue weighted by molar-refractivity contribution is 4.75. The second kappa shape index (κ2) is 7.34. The normalized spacial score (nSPS) is 15.7. The molecule has 0 saturated heterocycles. The molecule has 2 heteroatoms. The van der Waals surface area contributed by atoms with Gasteiger partial charge >= 0.3 is 0 Å². The van der Waals surface area contributed by atoms with Crippen LogP contribution in [0.25, 0.3) is 0 Å². The van der Waals surface area contributed by atoms with Gasteiger partial charge in [-0.2, -0.15) is 0 Å². The molecule has 0 aromatic heterocycles. The van der Waals surface area contributed by atoms with Crippen molar-refractivity contribution >= 4 is 0 Å². The largest absolute Gasteiger partial charge is 0.380 e. The van der Waals surface area contributed by atoms with Crippen LogP contribution in [0.2, 0.25) is 0 Å². The zero-order valence-corrected chi connectivity index (χ0v) is 9.44. The van der Waals surface area contributed by atoms with Gasteiger partial charge in [0.05, 0.1) is 6.61 Å². The van der Waals surface area contributed by atoms with E-state index in [1.54, 1.807) is 0 Å². The molecule has 1 unspecified atom stereocenters. The molecule has 0 heterocycles. The average Bonchev–Trinajstić information content (AvgIpc) is 2.11. The first-order valence-corrected chi connectivity index (χ1v) is 5.49. The Hall–Kier alpha value is -0.0800. The van der Waals surface area contributed by atoms with Gasteiger partial charge in [-0.1, -0.05) is 33.1 Å². The second-order valence-corrected chi connectivity index (χ2v) is 4.12. The summed E-state index contributed by atoms with van der Waals surface area (Å²) in [5.74, 6) is 0. The Morgan fingerprint density at radius 2 is 1.85 bits per heavy atom. The fraction of sp³-hybridized carbons (Fsp3) is 1.00. The van der Waals surface area contributed by atoms with Gasteiger partial charge in [0.2, 0.25) is 0 Å². The quantitative estimate of drug-likeness (QED) is 0.593. The van der Waals surface area contributed by atoms with Crippen molar-refractivity contribution in [3.63, 3.8) is 0 Å². The van der Waals surface area contributed by atoms with Crippen LogP contribution in [-0.2, 0) is 4.74 Å². The molecule has 0 aliphatic rings. The summed E-state index contributed by atoms with van der Waals surface area (Å²) in [5, 5.41) is 0. The van der Waals surface area contributed by atoms with E-state index < -0.39 is 0 Å². The third-order valence-corrected chi connectivity index (χ3v) is 2.38. The molecular weight excluding hydrogens is 162 g/mol. The molecule has 0 fully saturated rings. The summed E-state index contributed by atoms with van der Waals surface area (Å²) >= 11 is 0. The Kier molecular flexibility index (Phi) is 7.29. The van der Waals surface area contributed by atoms with Gasteiger partial charge < -0.3 is 10.5 Å². The van der Waals surface area contributed by atoms with E-state index in [1.165, 1.54) is 25.7 Å². The van der Waals surface area contributed by atoms with Crippen LogP contribution in [0.15, 0.2) is 0 Å². The van der Waals surface area contributed by atoms with Crippen LogP contribution in [0.5, 0.6) is 0 Å². The monoisotopic (exact) mass is 187 g/mol. The smallest absolute Gasteiger partial charge is 0.0643 e. The highest BCUT2D eigenvalue weighted by atomic mass is 16.5. The number of rotatable bonds is 8. The molecule has 0 radical (unpaired) electrons. The maximum absolute atomic E-state index is 5.93. The van der Waals surface area contributed by atoms with Crippen molar-refractivity contribution in [2.24, 2.45) is 5.73 Å². The predicted octanol–water partition coefficient (Wildman–Crippen LogP) is 2.71. The lowest BCUT2D eigenvalue weighted by molar-refractivity contribution is 0.0866. The van der Waals surface area contributed by atoms with Crippen molar-refractivity contribution in [3.05, 3.63) is 0 Å². The van der Waals surface area contributed by atoms with E-state index in [9.17, 15) is 0 Å². The summed E-state index contributed by atoms with van der Waals surface area (Å²) in [6, 6.07) is 0. The summed E-state index contributed by atoms with van der Waals surface area (Å²) in [6.45, 7) is 7.91. The van der Waals surface area contributed by atoms with Crippen molar-refractivity contribution in [3.8, 4) is 0 Å². The lowest BCUT2D eigenvalue weighted by Gasteiger charge is -2.22. The van der Waals surface area contributed by atoms with E-state index in [2.05, 4.69) is 13.8 Å².